The Kier molecular flexibility index (Phi) is 4.10. The lowest BCUT2D eigenvalue weighted by Crippen LogP contribution is -2.01. The van der Waals surface area contributed by atoms with E-state index < -0.39 is 0 Å². The third kappa shape index (κ3) is 2.84. The van der Waals surface area contributed by atoms with Gasteiger partial charge in [-0.25, -0.2) is 9.97 Å². The molecule has 28 heavy (non-hydrogen) atoms. The summed E-state index contributed by atoms with van der Waals surface area (Å²) in [6, 6.07) is 31.5. The molecule has 0 amide bonds. The van der Waals surface area contributed by atoms with Crippen molar-refractivity contribution in [2.75, 3.05) is 0 Å². The molecule has 1 aliphatic rings. The highest BCUT2D eigenvalue weighted by Gasteiger charge is 2.27. The van der Waals surface area contributed by atoms with Crippen molar-refractivity contribution in [2.45, 2.75) is 13.3 Å². The fourth-order valence-corrected chi connectivity index (χ4v) is 3.95. The summed E-state index contributed by atoms with van der Waals surface area (Å²) >= 11 is 0. The summed E-state index contributed by atoms with van der Waals surface area (Å²) in [5.74, 6) is 0. The summed E-state index contributed by atoms with van der Waals surface area (Å²) in [5, 5.41) is 0. The van der Waals surface area contributed by atoms with Crippen molar-refractivity contribution in [3.8, 4) is 11.3 Å². The predicted molar refractivity (Wildman–Crippen MR) is 115 cm³/mol. The average Bonchev–Trinajstić information content (AvgIpc) is 3.13. The van der Waals surface area contributed by atoms with Crippen LogP contribution in [0.2, 0.25) is 0 Å². The normalized spacial score (nSPS) is 12.9. The Morgan fingerprint density at radius 1 is 0.571 bits per heavy atom. The maximum absolute atomic E-state index is 5.07. The standard InChI is InChI=1S/C26H20N2/c1-18-25(21-15-9-4-10-16-21)28-23-17-22(19-11-5-2-6-12-19)24(26(23)27-18)20-13-7-3-8-14-20/h2-16H,17H2,1H3. The first-order valence-electron chi connectivity index (χ1n) is 9.58. The zero-order valence-electron chi connectivity index (χ0n) is 15.8. The van der Waals surface area contributed by atoms with Gasteiger partial charge in [-0.1, -0.05) is 91.0 Å². The Bertz CT molecular complexity index is 1160. The monoisotopic (exact) mass is 360 g/mol. The minimum Gasteiger partial charge on any atom is -0.249 e. The van der Waals surface area contributed by atoms with E-state index in [1.165, 1.54) is 22.3 Å². The number of fused-ring (bicyclic) bond motifs is 1. The number of aromatic nitrogens is 2. The zero-order valence-corrected chi connectivity index (χ0v) is 15.8. The first-order valence-corrected chi connectivity index (χ1v) is 9.58. The first-order chi connectivity index (χ1) is 13.8. The topological polar surface area (TPSA) is 25.8 Å². The quantitative estimate of drug-likeness (QED) is 0.450. The van der Waals surface area contributed by atoms with Gasteiger partial charge in [0.1, 0.15) is 0 Å². The maximum Gasteiger partial charge on any atom is 0.0933 e. The minimum absolute atomic E-state index is 0.802. The second-order valence-electron chi connectivity index (χ2n) is 7.08. The molecule has 0 saturated heterocycles. The van der Waals surface area contributed by atoms with E-state index >= 15 is 0 Å². The van der Waals surface area contributed by atoms with Crippen LogP contribution in [0.5, 0.6) is 0 Å². The van der Waals surface area contributed by atoms with Crippen LogP contribution in [-0.2, 0) is 6.42 Å². The minimum atomic E-state index is 0.802. The van der Waals surface area contributed by atoms with Crippen molar-refractivity contribution in [1.82, 2.24) is 9.97 Å². The molecule has 0 N–H and O–H groups in total. The zero-order chi connectivity index (χ0) is 18.9. The average molecular weight is 360 g/mol. The molecular weight excluding hydrogens is 340 g/mol. The molecule has 0 fully saturated rings. The number of hydrogen-bond acceptors (Lipinski definition) is 2. The first kappa shape index (κ1) is 16.6. The van der Waals surface area contributed by atoms with Crippen molar-refractivity contribution >= 4 is 11.1 Å². The number of rotatable bonds is 3. The highest BCUT2D eigenvalue weighted by molar-refractivity contribution is 6.02. The van der Waals surface area contributed by atoms with E-state index in [9.17, 15) is 0 Å². The van der Waals surface area contributed by atoms with Crippen LogP contribution in [0.25, 0.3) is 22.4 Å². The van der Waals surface area contributed by atoms with Crippen molar-refractivity contribution in [3.05, 3.63) is 119 Å². The van der Waals surface area contributed by atoms with E-state index in [-0.39, 0.29) is 0 Å². The second-order valence-corrected chi connectivity index (χ2v) is 7.08. The fraction of sp³-hybridized carbons (Fsp3) is 0.0769. The van der Waals surface area contributed by atoms with E-state index in [0.717, 1.165) is 34.8 Å². The third-order valence-corrected chi connectivity index (χ3v) is 5.26. The predicted octanol–water partition coefficient (Wildman–Crippen LogP) is 5.97. The molecule has 0 bridgehead atoms. The van der Waals surface area contributed by atoms with Crippen LogP contribution in [0.3, 0.4) is 0 Å². The molecule has 0 unspecified atom stereocenters. The van der Waals surface area contributed by atoms with Crippen molar-refractivity contribution in [1.29, 1.82) is 0 Å². The number of hydrogen-bond donors (Lipinski definition) is 0. The van der Waals surface area contributed by atoms with Crippen LogP contribution in [0.4, 0.5) is 0 Å². The van der Waals surface area contributed by atoms with Crippen molar-refractivity contribution in [2.24, 2.45) is 0 Å². The van der Waals surface area contributed by atoms with Crippen LogP contribution in [-0.4, -0.2) is 9.97 Å². The van der Waals surface area contributed by atoms with Crippen LogP contribution < -0.4 is 0 Å². The molecule has 1 aromatic heterocycles. The van der Waals surface area contributed by atoms with Gasteiger partial charge in [-0.2, -0.15) is 0 Å². The summed E-state index contributed by atoms with van der Waals surface area (Å²) in [6.07, 6.45) is 0.802. The molecule has 0 aliphatic heterocycles. The van der Waals surface area contributed by atoms with Gasteiger partial charge < -0.3 is 0 Å². The smallest absolute Gasteiger partial charge is 0.0933 e. The van der Waals surface area contributed by atoms with Crippen molar-refractivity contribution < 1.29 is 0 Å². The molecule has 2 heteroatoms. The highest BCUT2D eigenvalue weighted by Crippen LogP contribution is 2.41. The molecule has 0 saturated carbocycles. The van der Waals surface area contributed by atoms with Gasteiger partial charge in [0.2, 0.25) is 0 Å². The third-order valence-electron chi connectivity index (χ3n) is 5.26. The molecule has 134 valence electrons. The van der Waals surface area contributed by atoms with E-state index in [0.29, 0.717) is 0 Å². The van der Waals surface area contributed by atoms with Gasteiger partial charge >= 0.3 is 0 Å². The Morgan fingerprint density at radius 3 is 1.71 bits per heavy atom. The van der Waals surface area contributed by atoms with Crippen LogP contribution in [0.1, 0.15) is 28.2 Å². The number of aryl methyl sites for hydroxylation is 1. The lowest BCUT2D eigenvalue weighted by molar-refractivity contribution is 1.03. The number of allylic oxidation sites excluding steroid dienone is 1. The SMILES string of the molecule is Cc1nc2c(nc1-c1ccccc1)CC(c1ccccc1)=C2c1ccccc1. The molecule has 1 heterocycles. The van der Waals surface area contributed by atoms with Gasteiger partial charge in [-0.05, 0) is 23.6 Å². The Labute approximate surface area is 165 Å². The van der Waals surface area contributed by atoms with Crippen LogP contribution >= 0.6 is 0 Å². The fourth-order valence-electron chi connectivity index (χ4n) is 3.95. The molecule has 4 aromatic rings. The summed E-state index contributed by atoms with van der Waals surface area (Å²) < 4.78 is 0. The largest absolute Gasteiger partial charge is 0.249 e. The van der Waals surface area contributed by atoms with Gasteiger partial charge in [0.15, 0.2) is 0 Å². The van der Waals surface area contributed by atoms with E-state index in [4.69, 9.17) is 9.97 Å². The van der Waals surface area contributed by atoms with E-state index in [1.54, 1.807) is 0 Å². The molecule has 3 aromatic carbocycles. The number of nitrogens with zero attached hydrogens (tertiary/aromatic N) is 2. The van der Waals surface area contributed by atoms with Gasteiger partial charge in [0.05, 0.1) is 22.8 Å². The lowest BCUT2D eigenvalue weighted by atomic mass is 9.96. The summed E-state index contributed by atoms with van der Waals surface area (Å²) in [7, 11) is 0. The molecule has 0 spiro atoms. The number of benzene rings is 3. The summed E-state index contributed by atoms with van der Waals surface area (Å²) in [6.45, 7) is 2.05. The van der Waals surface area contributed by atoms with E-state index in [1.807, 2.05) is 18.2 Å². The van der Waals surface area contributed by atoms with Gasteiger partial charge in [0, 0.05) is 17.6 Å². The molecule has 5 rings (SSSR count). The Balaban J connectivity index is 1.71. The Morgan fingerprint density at radius 2 is 1.11 bits per heavy atom. The molecule has 2 nitrogen and oxygen atoms in total. The molecule has 0 atom stereocenters. The van der Waals surface area contributed by atoms with Crippen LogP contribution in [0, 0.1) is 6.92 Å². The summed E-state index contributed by atoms with van der Waals surface area (Å²) in [4.78, 5) is 10.1. The van der Waals surface area contributed by atoms with Gasteiger partial charge in [-0.15, -0.1) is 0 Å². The van der Waals surface area contributed by atoms with Gasteiger partial charge in [0.25, 0.3) is 0 Å². The van der Waals surface area contributed by atoms with Gasteiger partial charge in [-0.3, -0.25) is 0 Å². The van der Waals surface area contributed by atoms with Crippen molar-refractivity contribution in [3.63, 3.8) is 0 Å². The molecule has 0 radical (unpaired) electrons. The van der Waals surface area contributed by atoms with Crippen LogP contribution in [0.15, 0.2) is 91.0 Å². The lowest BCUT2D eigenvalue weighted by Gasteiger charge is -2.11. The molecular formula is C26H20N2. The maximum atomic E-state index is 5.07. The van der Waals surface area contributed by atoms with E-state index in [2.05, 4.69) is 79.7 Å². The molecule has 1 aliphatic carbocycles. The highest BCUT2D eigenvalue weighted by atomic mass is 14.9. The summed E-state index contributed by atoms with van der Waals surface area (Å²) in [5.41, 5.74) is 10.1. The Hall–Kier alpha value is -3.52. The second kappa shape index (κ2) is 6.90.